The highest BCUT2D eigenvalue weighted by atomic mass is 79.9. The maximum atomic E-state index is 9.39. The first-order valence-electron chi connectivity index (χ1n) is 6.55. The van der Waals surface area contributed by atoms with Gasteiger partial charge in [-0.15, -0.1) is 0 Å². The van der Waals surface area contributed by atoms with Crippen molar-refractivity contribution in [3.05, 3.63) is 52.0 Å². The highest BCUT2D eigenvalue weighted by Crippen LogP contribution is 2.30. The Morgan fingerprint density at radius 1 is 1.25 bits per heavy atom. The van der Waals surface area contributed by atoms with E-state index in [0.717, 1.165) is 27.9 Å². The fourth-order valence-corrected chi connectivity index (χ4v) is 2.61. The molecule has 0 aliphatic heterocycles. The molecule has 0 saturated carbocycles. The Morgan fingerprint density at radius 3 is 2.70 bits per heavy atom. The lowest BCUT2D eigenvalue weighted by atomic mass is 10.0. The number of aryl methyl sites for hydroxylation is 1. The van der Waals surface area contributed by atoms with Gasteiger partial charge in [-0.1, -0.05) is 19.1 Å². The van der Waals surface area contributed by atoms with Crippen molar-refractivity contribution >= 4 is 21.6 Å². The zero-order valence-electron chi connectivity index (χ0n) is 11.6. The molecule has 0 spiro atoms. The molecule has 0 fully saturated rings. The van der Waals surface area contributed by atoms with E-state index in [1.807, 2.05) is 19.2 Å². The summed E-state index contributed by atoms with van der Waals surface area (Å²) in [6.45, 7) is 2.62. The lowest BCUT2D eigenvalue weighted by Gasteiger charge is -2.15. The Balaban J connectivity index is 2.22. The smallest absolute Gasteiger partial charge is 0.134 e. The number of benzene rings is 2. The molecule has 0 saturated heterocycles. The van der Waals surface area contributed by atoms with Crippen LogP contribution < -0.4 is 10.1 Å². The molecule has 0 heterocycles. The summed E-state index contributed by atoms with van der Waals surface area (Å²) in [5.41, 5.74) is 3.52. The zero-order chi connectivity index (χ0) is 14.5. The van der Waals surface area contributed by atoms with Crippen molar-refractivity contribution in [1.82, 2.24) is 0 Å². The number of phenols is 1. The van der Waals surface area contributed by atoms with Crippen molar-refractivity contribution in [2.24, 2.45) is 0 Å². The number of ether oxygens (including phenoxy) is 1. The highest BCUT2D eigenvalue weighted by Gasteiger charge is 2.09. The van der Waals surface area contributed by atoms with Crippen molar-refractivity contribution < 1.29 is 9.84 Å². The Kier molecular flexibility index (Phi) is 4.90. The van der Waals surface area contributed by atoms with Crippen LogP contribution in [0.4, 0.5) is 5.69 Å². The maximum absolute atomic E-state index is 9.39. The van der Waals surface area contributed by atoms with Crippen LogP contribution in [0, 0.1) is 0 Å². The number of rotatable bonds is 5. The van der Waals surface area contributed by atoms with Crippen LogP contribution in [-0.2, 0) is 13.0 Å². The minimum Gasteiger partial charge on any atom is -0.508 e. The number of aromatic hydroxyl groups is 1. The molecule has 4 heteroatoms. The third-order valence-electron chi connectivity index (χ3n) is 3.21. The van der Waals surface area contributed by atoms with E-state index in [9.17, 15) is 5.11 Å². The van der Waals surface area contributed by atoms with Gasteiger partial charge in [-0.2, -0.15) is 0 Å². The Hall–Kier alpha value is -1.68. The SMILES string of the molecule is CCc1cccc(NC)c1COc1ccc(O)cc1Br. The minimum atomic E-state index is 0.217. The number of hydrogen-bond acceptors (Lipinski definition) is 3. The van der Waals surface area contributed by atoms with Crippen molar-refractivity contribution in [2.45, 2.75) is 20.0 Å². The predicted octanol–water partition coefficient (Wildman–Crippen LogP) is 4.34. The van der Waals surface area contributed by atoms with Crippen LogP contribution in [-0.4, -0.2) is 12.2 Å². The first-order valence-corrected chi connectivity index (χ1v) is 7.34. The second kappa shape index (κ2) is 6.66. The van der Waals surface area contributed by atoms with Crippen LogP contribution in [0.25, 0.3) is 0 Å². The molecular formula is C16H18BrNO2. The van der Waals surface area contributed by atoms with Crippen LogP contribution >= 0.6 is 15.9 Å². The van der Waals surface area contributed by atoms with E-state index in [1.165, 1.54) is 5.56 Å². The second-order valence-electron chi connectivity index (χ2n) is 4.45. The third-order valence-corrected chi connectivity index (χ3v) is 3.83. The van der Waals surface area contributed by atoms with Crippen LogP contribution in [0.1, 0.15) is 18.1 Å². The number of nitrogens with one attached hydrogen (secondary N) is 1. The van der Waals surface area contributed by atoms with Gasteiger partial charge in [0.2, 0.25) is 0 Å². The molecule has 0 aromatic heterocycles. The van der Waals surface area contributed by atoms with E-state index in [2.05, 4.69) is 34.2 Å². The van der Waals surface area contributed by atoms with E-state index in [1.54, 1.807) is 18.2 Å². The first-order chi connectivity index (χ1) is 9.65. The standard InChI is InChI=1S/C16H18BrNO2/c1-3-11-5-4-6-15(18-2)13(11)10-20-16-8-7-12(19)9-14(16)17/h4-9,18-19H,3,10H2,1-2H3. The van der Waals surface area contributed by atoms with Gasteiger partial charge < -0.3 is 15.2 Å². The van der Waals surface area contributed by atoms with Crippen LogP contribution in [0.3, 0.4) is 0 Å². The van der Waals surface area contributed by atoms with Gasteiger partial charge in [0, 0.05) is 18.3 Å². The summed E-state index contributed by atoms with van der Waals surface area (Å²) in [7, 11) is 1.91. The molecule has 0 aliphatic rings. The van der Waals surface area contributed by atoms with Gasteiger partial charge in [0.05, 0.1) is 4.47 Å². The van der Waals surface area contributed by atoms with Gasteiger partial charge in [-0.05, 0) is 52.2 Å². The molecule has 0 amide bonds. The maximum Gasteiger partial charge on any atom is 0.134 e. The average molecular weight is 336 g/mol. The van der Waals surface area contributed by atoms with Gasteiger partial charge in [0.1, 0.15) is 18.1 Å². The number of halogens is 1. The Morgan fingerprint density at radius 2 is 2.05 bits per heavy atom. The van der Waals surface area contributed by atoms with Crippen LogP contribution in [0.15, 0.2) is 40.9 Å². The zero-order valence-corrected chi connectivity index (χ0v) is 13.2. The topological polar surface area (TPSA) is 41.5 Å². The molecule has 2 rings (SSSR count). The molecule has 106 valence electrons. The van der Waals surface area contributed by atoms with E-state index in [-0.39, 0.29) is 5.75 Å². The molecule has 0 aliphatic carbocycles. The van der Waals surface area contributed by atoms with Gasteiger partial charge in [0.25, 0.3) is 0 Å². The fourth-order valence-electron chi connectivity index (χ4n) is 2.13. The predicted molar refractivity (Wildman–Crippen MR) is 85.5 cm³/mol. The van der Waals surface area contributed by atoms with Gasteiger partial charge in [-0.25, -0.2) is 0 Å². The lowest BCUT2D eigenvalue weighted by Crippen LogP contribution is -2.04. The molecule has 0 bridgehead atoms. The summed E-state index contributed by atoms with van der Waals surface area (Å²) in [5.74, 6) is 0.935. The second-order valence-corrected chi connectivity index (χ2v) is 5.30. The van der Waals surface area contributed by atoms with Gasteiger partial charge in [0.15, 0.2) is 0 Å². The first kappa shape index (κ1) is 14.7. The van der Waals surface area contributed by atoms with Crippen molar-refractivity contribution in [1.29, 1.82) is 0 Å². The molecule has 0 unspecified atom stereocenters. The molecule has 2 aromatic carbocycles. The fraction of sp³-hybridized carbons (Fsp3) is 0.250. The quantitative estimate of drug-likeness (QED) is 0.854. The molecule has 0 radical (unpaired) electrons. The monoisotopic (exact) mass is 335 g/mol. The Bertz CT molecular complexity index is 577. The normalized spacial score (nSPS) is 10.3. The van der Waals surface area contributed by atoms with Crippen molar-refractivity contribution in [3.8, 4) is 11.5 Å². The van der Waals surface area contributed by atoms with Crippen molar-refractivity contribution in [3.63, 3.8) is 0 Å². The van der Waals surface area contributed by atoms with Crippen LogP contribution in [0.5, 0.6) is 11.5 Å². The Labute approximate surface area is 127 Å². The average Bonchev–Trinajstić information content (AvgIpc) is 2.46. The van der Waals surface area contributed by atoms with Gasteiger partial charge in [-0.3, -0.25) is 0 Å². The summed E-state index contributed by atoms with van der Waals surface area (Å²) >= 11 is 3.39. The third kappa shape index (κ3) is 3.25. The number of phenolic OH excluding ortho intramolecular Hbond substituents is 1. The van der Waals surface area contributed by atoms with E-state index in [0.29, 0.717) is 6.61 Å². The molecule has 3 nitrogen and oxygen atoms in total. The van der Waals surface area contributed by atoms with Crippen LogP contribution in [0.2, 0.25) is 0 Å². The van der Waals surface area contributed by atoms with Crippen molar-refractivity contribution in [2.75, 3.05) is 12.4 Å². The molecule has 0 atom stereocenters. The summed E-state index contributed by atoms with van der Waals surface area (Å²) in [4.78, 5) is 0. The summed E-state index contributed by atoms with van der Waals surface area (Å²) in [6, 6.07) is 11.2. The van der Waals surface area contributed by atoms with Gasteiger partial charge >= 0.3 is 0 Å². The molecular weight excluding hydrogens is 318 g/mol. The minimum absolute atomic E-state index is 0.217. The summed E-state index contributed by atoms with van der Waals surface area (Å²) in [5, 5.41) is 12.6. The highest BCUT2D eigenvalue weighted by molar-refractivity contribution is 9.10. The number of anilines is 1. The largest absolute Gasteiger partial charge is 0.508 e. The summed E-state index contributed by atoms with van der Waals surface area (Å²) in [6.07, 6.45) is 0.963. The number of hydrogen-bond donors (Lipinski definition) is 2. The van der Waals surface area contributed by atoms with E-state index >= 15 is 0 Å². The van der Waals surface area contributed by atoms with E-state index in [4.69, 9.17) is 4.74 Å². The molecule has 20 heavy (non-hydrogen) atoms. The molecule has 2 N–H and O–H groups in total. The molecule has 2 aromatic rings. The summed E-state index contributed by atoms with van der Waals surface area (Å²) < 4.78 is 6.61. The van der Waals surface area contributed by atoms with E-state index < -0.39 is 0 Å². The lowest BCUT2D eigenvalue weighted by molar-refractivity contribution is 0.303.